The third-order valence-corrected chi connectivity index (χ3v) is 2.67. The van der Waals surface area contributed by atoms with Crippen molar-refractivity contribution in [1.29, 1.82) is 0 Å². The zero-order valence-electron chi connectivity index (χ0n) is 9.78. The Labute approximate surface area is 100 Å². The summed E-state index contributed by atoms with van der Waals surface area (Å²) in [6.07, 6.45) is 4.24. The van der Waals surface area contributed by atoms with Crippen molar-refractivity contribution in [3.05, 3.63) is 0 Å². The van der Waals surface area contributed by atoms with E-state index in [1.165, 1.54) is 0 Å². The SMILES string of the molecule is CCCCNC(=O)NC(CCSC)C(=O)O. The number of aliphatic carboxylic acids is 1. The van der Waals surface area contributed by atoms with Crippen molar-refractivity contribution in [2.24, 2.45) is 0 Å². The van der Waals surface area contributed by atoms with Gasteiger partial charge in [0.25, 0.3) is 0 Å². The minimum Gasteiger partial charge on any atom is -0.480 e. The van der Waals surface area contributed by atoms with Crippen LogP contribution < -0.4 is 10.6 Å². The van der Waals surface area contributed by atoms with Gasteiger partial charge in [-0.15, -0.1) is 0 Å². The molecule has 1 unspecified atom stereocenters. The summed E-state index contributed by atoms with van der Waals surface area (Å²) in [6.45, 7) is 2.61. The Bertz CT molecular complexity index is 224. The molecule has 3 N–H and O–H groups in total. The van der Waals surface area contributed by atoms with E-state index in [0.29, 0.717) is 18.7 Å². The molecule has 0 saturated carbocycles. The second-order valence-corrected chi connectivity index (χ2v) is 4.41. The van der Waals surface area contributed by atoms with E-state index in [1.807, 2.05) is 13.2 Å². The summed E-state index contributed by atoms with van der Waals surface area (Å²) in [6, 6.07) is -1.20. The summed E-state index contributed by atoms with van der Waals surface area (Å²) in [5.41, 5.74) is 0. The Morgan fingerprint density at radius 1 is 1.44 bits per heavy atom. The van der Waals surface area contributed by atoms with Crippen LogP contribution in [-0.4, -0.2) is 41.7 Å². The van der Waals surface area contributed by atoms with Crippen LogP contribution in [0.15, 0.2) is 0 Å². The van der Waals surface area contributed by atoms with Crippen LogP contribution in [0.5, 0.6) is 0 Å². The quantitative estimate of drug-likeness (QED) is 0.566. The molecule has 0 aliphatic carbocycles. The van der Waals surface area contributed by atoms with Crippen LogP contribution in [-0.2, 0) is 4.79 Å². The first kappa shape index (κ1) is 15.1. The van der Waals surface area contributed by atoms with Crippen molar-refractivity contribution < 1.29 is 14.7 Å². The first-order valence-electron chi connectivity index (χ1n) is 5.38. The summed E-state index contributed by atoms with van der Waals surface area (Å²) >= 11 is 1.56. The van der Waals surface area contributed by atoms with Gasteiger partial charge in [0.1, 0.15) is 6.04 Å². The minimum atomic E-state index is -0.986. The topological polar surface area (TPSA) is 78.4 Å². The Morgan fingerprint density at radius 3 is 2.62 bits per heavy atom. The Kier molecular flexibility index (Phi) is 8.80. The van der Waals surface area contributed by atoms with Gasteiger partial charge < -0.3 is 15.7 Å². The Morgan fingerprint density at radius 2 is 2.12 bits per heavy atom. The van der Waals surface area contributed by atoms with Crippen molar-refractivity contribution in [2.75, 3.05) is 18.6 Å². The lowest BCUT2D eigenvalue weighted by Gasteiger charge is -2.14. The summed E-state index contributed by atoms with van der Waals surface area (Å²) in [7, 11) is 0. The molecule has 0 saturated heterocycles. The second-order valence-electron chi connectivity index (χ2n) is 3.43. The Balaban J connectivity index is 3.88. The highest BCUT2D eigenvalue weighted by molar-refractivity contribution is 7.98. The predicted octanol–water partition coefficient (Wildman–Crippen LogP) is 1.29. The fourth-order valence-corrected chi connectivity index (χ4v) is 1.55. The molecule has 0 aliphatic heterocycles. The number of amides is 2. The van der Waals surface area contributed by atoms with E-state index < -0.39 is 18.0 Å². The van der Waals surface area contributed by atoms with Crippen molar-refractivity contribution in [1.82, 2.24) is 10.6 Å². The fourth-order valence-electron chi connectivity index (χ4n) is 1.08. The van der Waals surface area contributed by atoms with Gasteiger partial charge in [-0.1, -0.05) is 13.3 Å². The monoisotopic (exact) mass is 248 g/mol. The molecule has 1 atom stereocenters. The maximum atomic E-state index is 11.3. The lowest BCUT2D eigenvalue weighted by Crippen LogP contribution is -2.46. The van der Waals surface area contributed by atoms with E-state index in [2.05, 4.69) is 10.6 Å². The molecule has 0 spiro atoms. The minimum absolute atomic E-state index is 0.401. The van der Waals surface area contributed by atoms with Crippen molar-refractivity contribution in [3.8, 4) is 0 Å². The van der Waals surface area contributed by atoms with Crippen LogP contribution in [0.1, 0.15) is 26.2 Å². The van der Waals surface area contributed by atoms with E-state index in [9.17, 15) is 9.59 Å². The summed E-state index contributed by atoms with van der Waals surface area (Å²) in [4.78, 5) is 22.1. The molecular formula is C10H20N2O3S. The molecule has 6 heteroatoms. The Hall–Kier alpha value is -0.910. The number of hydrogen-bond acceptors (Lipinski definition) is 3. The number of hydrogen-bond donors (Lipinski definition) is 3. The lowest BCUT2D eigenvalue weighted by atomic mass is 10.2. The van der Waals surface area contributed by atoms with Gasteiger partial charge in [-0.05, 0) is 24.9 Å². The molecule has 0 fully saturated rings. The molecule has 0 heterocycles. The highest BCUT2D eigenvalue weighted by Crippen LogP contribution is 2.00. The number of rotatable bonds is 8. The average Bonchev–Trinajstić information content (AvgIpc) is 2.24. The highest BCUT2D eigenvalue weighted by Gasteiger charge is 2.18. The lowest BCUT2D eigenvalue weighted by molar-refractivity contribution is -0.139. The summed E-state index contributed by atoms with van der Waals surface area (Å²) < 4.78 is 0. The van der Waals surface area contributed by atoms with E-state index in [4.69, 9.17) is 5.11 Å². The highest BCUT2D eigenvalue weighted by atomic mass is 32.2. The number of urea groups is 1. The van der Waals surface area contributed by atoms with Gasteiger partial charge in [-0.3, -0.25) is 0 Å². The molecule has 94 valence electrons. The second kappa shape index (κ2) is 9.33. The average molecular weight is 248 g/mol. The number of carbonyl (C=O) groups is 2. The van der Waals surface area contributed by atoms with E-state index >= 15 is 0 Å². The number of carbonyl (C=O) groups excluding carboxylic acids is 1. The van der Waals surface area contributed by atoms with Gasteiger partial charge in [-0.2, -0.15) is 11.8 Å². The van der Waals surface area contributed by atoms with Crippen LogP contribution in [0.3, 0.4) is 0 Å². The van der Waals surface area contributed by atoms with E-state index in [1.54, 1.807) is 11.8 Å². The molecular weight excluding hydrogens is 228 g/mol. The third kappa shape index (κ3) is 7.39. The third-order valence-electron chi connectivity index (χ3n) is 2.03. The van der Waals surface area contributed by atoms with Crippen molar-refractivity contribution in [3.63, 3.8) is 0 Å². The smallest absolute Gasteiger partial charge is 0.326 e. The van der Waals surface area contributed by atoms with Gasteiger partial charge in [-0.25, -0.2) is 9.59 Å². The molecule has 0 aromatic rings. The first-order chi connectivity index (χ1) is 7.61. The standard InChI is InChI=1S/C10H20N2O3S/c1-3-4-6-11-10(15)12-8(9(13)14)5-7-16-2/h8H,3-7H2,1-2H3,(H,13,14)(H2,11,12,15). The number of carboxylic acid groups (broad SMARTS) is 1. The van der Waals surface area contributed by atoms with Crippen molar-refractivity contribution in [2.45, 2.75) is 32.2 Å². The van der Waals surface area contributed by atoms with E-state index in [-0.39, 0.29) is 0 Å². The van der Waals surface area contributed by atoms with Gasteiger partial charge in [0.05, 0.1) is 0 Å². The molecule has 0 bridgehead atoms. The zero-order valence-corrected chi connectivity index (χ0v) is 10.6. The number of carboxylic acids is 1. The van der Waals surface area contributed by atoms with E-state index in [0.717, 1.165) is 12.8 Å². The van der Waals surface area contributed by atoms with Crippen LogP contribution in [0, 0.1) is 0 Å². The van der Waals surface area contributed by atoms with Crippen LogP contribution in [0.2, 0.25) is 0 Å². The predicted molar refractivity (Wildman–Crippen MR) is 65.9 cm³/mol. The number of thioether (sulfide) groups is 1. The first-order valence-corrected chi connectivity index (χ1v) is 6.77. The van der Waals surface area contributed by atoms with Gasteiger partial charge in [0.15, 0.2) is 0 Å². The molecule has 2 amide bonds. The normalized spacial score (nSPS) is 11.9. The molecule has 5 nitrogen and oxygen atoms in total. The molecule has 0 aromatic carbocycles. The fraction of sp³-hybridized carbons (Fsp3) is 0.800. The van der Waals surface area contributed by atoms with Crippen LogP contribution >= 0.6 is 11.8 Å². The maximum absolute atomic E-state index is 11.3. The van der Waals surface area contributed by atoms with Crippen LogP contribution in [0.4, 0.5) is 4.79 Å². The maximum Gasteiger partial charge on any atom is 0.326 e. The summed E-state index contributed by atoms with van der Waals surface area (Å²) in [5.74, 6) is -0.272. The molecule has 0 radical (unpaired) electrons. The van der Waals surface area contributed by atoms with Gasteiger partial charge >= 0.3 is 12.0 Å². The van der Waals surface area contributed by atoms with Gasteiger partial charge in [0, 0.05) is 6.54 Å². The zero-order chi connectivity index (χ0) is 12.4. The van der Waals surface area contributed by atoms with Crippen molar-refractivity contribution >= 4 is 23.8 Å². The summed E-state index contributed by atoms with van der Waals surface area (Å²) in [5, 5.41) is 13.9. The molecule has 0 aromatic heterocycles. The molecule has 0 aliphatic rings. The van der Waals surface area contributed by atoms with Gasteiger partial charge in [0.2, 0.25) is 0 Å². The largest absolute Gasteiger partial charge is 0.480 e. The number of unbranched alkanes of at least 4 members (excludes halogenated alkanes) is 1. The molecule has 0 rings (SSSR count). The number of nitrogens with one attached hydrogen (secondary N) is 2. The molecule has 16 heavy (non-hydrogen) atoms. The van der Waals surface area contributed by atoms with Crippen LogP contribution in [0.25, 0.3) is 0 Å².